The van der Waals surface area contributed by atoms with Crippen molar-refractivity contribution in [3.63, 3.8) is 0 Å². The molecular weight excluding hydrogens is 406 g/mol. The van der Waals surface area contributed by atoms with Crippen molar-refractivity contribution in [1.82, 2.24) is 14.6 Å². The number of halogens is 1. The molecule has 0 bridgehead atoms. The molecule has 1 N–H and O–H groups in total. The largest absolute Gasteiger partial charge is 0.489 e. The molecule has 1 aromatic heterocycles. The molecule has 1 aliphatic heterocycles. The maximum atomic E-state index is 12.4. The molecular formula is C18H20ClN3O5S. The van der Waals surface area contributed by atoms with Gasteiger partial charge < -0.3 is 14.8 Å². The number of fused-ring (bicyclic) bond motifs is 1. The third-order valence-corrected chi connectivity index (χ3v) is 6.13. The Morgan fingerprint density at radius 3 is 2.86 bits per heavy atom. The first-order chi connectivity index (χ1) is 13.4. The number of benzene rings is 1. The van der Waals surface area contributed by atoms with Gasteiger partial charge in [0, 0.05) is 32.4 Å². The second kappa shape index (κ2) is 8.76. The predicted molar refractivity (Wildman–Crippen MR) is 103 cm³/mol. The van der Waals surface area contributed by atoms with E-state index in [0.29, 0.717) is 29.7 Å². The van der Waals surface area contributed by atoms with Gasteiger partial charge in [-0.25, -0.2) is 8.42 Å². The van der Waals surface area contributed by atoms with Crippen molar-refractivity contribution in [3.05, 3.63) is 47.2 Å². The number of amides is 1. The van der Waals surface area contributed by atoms with Gasteiger partial charge in [-0.3, -0.25) is 9.78 Å². The lowest BCUT2D eigenvalue weighted by atomic mass is 10.2. The van der Waals surface area contributed by atoms with Crippen molar-refractivity contribution in [1.29, 1.82) is 0 Å². The first-order valence-corrected chi connectivity index (χ1v) is 10.4. The topological polar surface area (TPSA) is 97.8 Å². The minimum absolute atomic E-state index is 0.0278. The summed E-state index contributed by atoms with van der Waals surface area (Å²) in [6, 6.07) is 6.39. The number of carbonyl (C=O) groups excluding carboxylic acids is 1. The molecule has 0 spiro atoms. The lowest BCUT2D eigenvalue weighted by molar-refractivity contribution is -0.121. The molecule has 0 aliphatic carbocycles. The van der Waals surface area contributed by atoms with Gasteiger partial charge in [0.05, 0.1) is 24.8 Å². The standard InChI is InChI=1S/C18H20ClN3O5S/c1-22(28(24,25)14-4-2-5-20-11-14)12-17(23)21-10-13-8-15(19)18-16(9-13)26-6-3-7-27-18/h2,4-5,8-9,11H,3,6-7,10,12H2,1H3,(H,21,23). The Hall–Kier alpha value is -2.36. The lowest BCUT2D eigenvalue weighted by Gasteiger charge is -2.17. The van der Waals surface area contributed by atoms with Gasteiger partial charge in [0.15, 0.2) is 11.5 Å². The average molecular weight is 426 g/mol. The molecule has 1 aliphatic rings. The summed E-state index contributed by atoms with van der Waals surface area (Å²) in [6.45, 7) is 0.905. The van der Waals surface area contributed by atoms with Crippen LogP contribution in [0, 0.1) is 0 Å². The van der Waals surface area contributed by atoms with E-state index in [1.165, 1.54) is 31.6 Å². The highest BCUT2D eigenvalue weighted by Gasteiger charge is 2.23. The molecule has 0 atom stereocenters. The second-order valence-corrected chi connectivity index (χ2v) is 8.63. The first kappa shape index (κ1) is 20.4. The van der Waals surface area contributed by atoms with E-state index in [2.05, 4.69) is 10.3 Å². The van der Waals surface area contributed by atoms with Crippen molar-refractivity contribution < 1.29 is 22.7 Å². The van der Waals surface area contributed by atoms with Crippen molar-refractivity contribution in [2.45, 2.75) is 17.9 Å². The number of ether oxygens (including phenoxy) is 2. The number of aromatic nitrogens is 1. The summed E-state index contributed by atoms with van der Waals surface area (Å²) in [5.74, 6) is 0.584. The van der Waals surface area contributed by atoms with Gasteiger partial charge in [0.1, 0.15) is 4.90 Å². The van der Waals surface area contributed by atoms with E-state index in [9.17, 15) is 13.2 Å². The molecule has 1 aromatic carbocycles. The van der Waals surface area contributed by atoms with Crippen molar-refractivity contribution in [3.8, 4) is 11.5 Å². The van der Waals surface area contributed by atoms with Crippen LogP contribution >= 0.6 is 11.6 Å². The maximum Gasteiger partial charge on any atom is 0.244 e. The number of hydrogen-bond acceptors (Lipinski definition) is 6. The summed E-state index contributed by atoms with van der Waals surface area (Å²) in [5, 5.41) is 3.09. The Morgan fingerprint density at radius 1 is 1.32 bits per heavy atom. The zero-order valence-electron chi connectivity index (χ0n) is 15.2. The van der Waals surface area contributed by atoms with Crippen LogP contribution in [0.5, 0.6) is 11.5 Å². The number of hydrogen-bond donors (Lipinski definition) is 1. The van der Waals surface area contributed by atoms with Gasteiger partial charge >= 0.3 is 0 Å². The van der Waals surface area contributed by atoms with E-state index in [1.54, 1.807) is 12.1 Å². The van der Waals surface area contributed by atoms with Crippen LogP contribution in [0.2, 0.25) is 5.02 Å². The Labute approximate surface area is 168 Å². The number of sulfonamides is 1. The minimum atomic E-state index is -3.79. The fourth-order valence-corrected chi connectivity index (χ4v) is 3.99. The quantitative estimate of drug-likeness (QED) is 0.758. The lowest BCUT2D eigenvalue weighted by Crippen LogP contribution is -2.38. The number of likely N-dealkylation sites (N-methyl/N-ethyl adjacent to an activating group) is 1. The highest BCUT2D eigenvalue weighted by atomic mass is 35.5. The summed E-state index contributed by atoms with van der Waals surface area (Å²) >= 11 is 6.24. The van der Waals surface area contributed by atoms with E-state index in [0.717, 1.165) is 16.3 Å². The zero-order valence-corrected chi connectivity index (χ0v) is 16.8. The third kappa shape index (κ3) is 4.73. The second-order valence-electron chi connectivity index (χ2n) is 6.18. The number of nitrogens with one attached hydrogen (secondary N) is 1. The van der Waals surface area contributed by atoms with Gasteiger partial charge in [-0.15, -0.1) is 0 Å². The smallest absolute Gasteiger partial charge is 0.244 e. The van der Waals surface area contributed by atoms with Crippen LogP contribution in [0.1, 0.15) is 12.0 Å². The zero-order chi connectivity index (χ0) is 20.1. The van der Waals surface area contributed by atoms with E-state index in [4.69, 9.17) is 21.1 Å². The Balaban J connectivity index is 1.61. The summed E-state index contributed by atoms with van der Waals surface area (Å²) in [5.41, 5.74) is 0.723. The van der Waals surface area contributed by atoms with Crippen LogP contribution in [-0.2, 0) is 21.4 Å². The van der Waals surface area contributed by atoms with Crippen molar-refractivity contribution in [2.24, 2.45) is 0 Å². The Bertz CT molecular complexity index is 953. The summed E-state index contributed by atoms with van der Waals surface area (Å²) < 4.78 is 37.0. The molecule has 0 unspecified atom stereocenters. The third-order valence-electron chi connectivity index (χ3n) is 4.06. The van der Waals surface area contributed by atoms with Crippen molar-refractivity contribution >= 4 is 27.5 Å². The van der Waals surface area contributed by atoms with Gasteiger partial charge in [0.2, 0.25) is 15.9 Å². The summed E-state index contributed by atoms with van der Waals surface area (Å²) in [6.07, 6.45) is 3.48. The van der Waals surface area contributed by atoms with Gasteiger partial charge in [-0.2, -0.15) is 4.31 Å². The highest BCUT2D eigenvalue weighted by Crippen LogP contribution is 2.37. The van der Waals surface area contributed by atoms with Crippen LogP contribution in [0.3, 0.4) is 0 Å². The van der Waals surface area contributed by atoms with E-state index in [1.807, 2.05) is 0 Å². The molecule has 0 fully saturated rings. The van der Waals surface area contributed by atoms with Gasteiger partial charge in [-0.1, -0.05) is 11.6 Å². The number of carbonyl (C=O) groups is 1. The molecule has 3 rings (SSSR count). The molecule has 10 heteroatoms. The predicted octanol–water partition coefficient (Wildman–Crippen LogP) is 1.83. The fraction of sp³-hybridized carbons (Fsp3) is 0.333. The molecule has 0 radical (unpaired) electrons. The molecule has 2 heterocycles. The monoisotopic (exact) mass is 425 g/mol. The van der Waals surface area contributed by atoms with Crippen LogP contribution in [-0.4, -0.2) is 50.4 Å². The molecule has 8 nitrogen and oxygen atoms in total. The normalized spacial score (nSPS) is 13.8. The minimum Gasteiger partial charge on any atom is -0.489 e. The first-order valence-electron chi connectivity index (χ1n) is 8.59. The molecule has 1 amide bonds. The Morgan fingerprint density at radius 2 is 2.11 bits per heavy atom. The van der Waals surface area contributed by atoms with Crippen LogP contribution in [0.15, 0.2) is 41.6 Å². The van der Waals surface area contributed by atoms with E-state index >= 15 is 0 Å². The fourth-order valence-electron chi connectivity index (χ4n) is 2.61. The van der Waals surface area contributed by atoms with E-state index in [-0.39, 0.29) is 18.0 Å². The molecule has 2 aromatic rings. The molecule has 0 saturated carbocycles. The number of pyridine rings is 1. The van der Waals surface area contributed by atoms with Crippen LogP contribution < -0.4 is 14.8 Å². The molecule has 150 valence electrons. The van der Waals surface area contributed by atoms with Crippen molar-refractivity contribution in [2.75, 3.05) is 26.8 Å². The number of rotatable bonds is 6. The average Bonchev–Trinajstić information content (AvgIpc) is 2.93. The molecule has 0 saturated heterocycles. The Kier molecular flexibility index (Phi) is 6.38. The number of nitrogens with zero attached hydrogens (tertiary/aromatic N) is 2. The molecule has 28 heavy (non-hydrogen) atoms. The summed E-state index contributed by atoms with van der Waals surface area (Å²) in [4.78, 5) is 16.0. The van der Waals surface area contributed by atoms with E-state index < -0.39 is 15.9 Å². The highest BCUT2D eigenvalue weighted by molar-refractivity contribution is 7.89. The SMILES string of the molecule is CN(CC(=O)NCc1cc(Cl)c2c(c1)OCCCO2)S(=O)(=O)c1cccnc1. The van der Waals surface area contributed by atoms with Crippen LogP contribution in [0.4, 0.5) is 0 Å². The van der Waals surface area contributed by atoms with Crippen LogP contribution in [0.25, 0.3) is 0 Å². The van der Waals surface area contributed by atoms with Gasteiger partial charge in [0.25, 0.3) is 0 Å². The maximum absolute atomic E-state index is 12.4. The van der Waals surface area contributed by atoms with Gasteiger partial charge in [-0.05, 0) is 29.8 Å². The summed E-state index contributed by atoms with van der Waals surface area (Å²) in [7, 11) is -2.45.